The lowest BCUT2D eigenvalue weighted by atomic mass is 10.2. The minimum absolute atomic E-state index is 0.393. The molecule has 4 nitrogen and oxygen atoms in total. The number of carbonyl (C=O) groups excluding carboxylic acids is 1. The highest BCUT2D eigenvalue weighted by atomic mass is 16.5. The number of hydrogen-bond acceptors (Lipinski definition) is 4. The van der Waals surface area contributed by atoms with E-state index in [9.17, 15) is 4.79 Å². The highest BCUT2D eigenvalue weighted by Crippen LogP contribution is 2.33. The topological polar surface area (TPSA) is 61.5 Å². The summed E-state index contributed by atoms with van der Waals surface area (Å²) in [5, 5.41) is 0. The zero-order chi connectivity index (χ0) is 9.84. The minimum Gasteiger partial charge on any atom is -0.493 e. The predicted octanol–water partition coefficient (Wildman–Crippen LogP) is 1.10. The molecule has 0 aliphatic heterocycles. The standard InChI is InChI=1S/C9H11NO3/c1-12-8-4-6(5-11)3-7(10)9(8)13-2/h3-5H,10H2,1-2H3. The molecule has 0 atom stereocenters. The van der Waals surface area contributed by atoms with Crippen molar-refractivity contribution in [1.29, 1.82) is 0 Å². The van der Waals surface area contributed by atoms with Crippen LogP contribution in [0.2, 0.25) is 0 Å². The average Bonchev–Trinajstić information content (AvgIpc) is 2.16. The van der Waals surface area contributed by atoms with Crippen molar-refractivity contribution < 1.29 is 14.3 Å². The molecule has 70 valence electrons. The van der Waals surface area contributed by atoms with Gasteiger partial charge in [0.1, 0.15) is 6.29 Å². The van der Waals surface area contributed by atoms with Gasteiger partial charge in [0.2, 0.25) is 0 Å². The Labute approximate surface area is 76.3 Å². The van der Waals surface area contributed by atoms with Gasteiger partial charge < -0.3 is 15.2 Å². The van der Waals surface area contributed by atoms with Crippen molar-refractivity contribution in [1.82, 2.24) is 0 Å². The van der Waals surface area contributed by atoms with Gasteiger partial charge in [-0.15, -0.1) is 0 Å². The molecule has 1 aromatic rings. The third-order valence-electron chi connectivity index (χ3n) is 1.67. The molecule has 0 amide bonds. The summed E-state index contributed by atoms with van der Waals surface area (Å²) >= 11 is 0. The van der Waals surface area contributed by atoms with Gasteiger partial charge in [-0.1, -0.05) is 0 Å². The Kier molecular flexibility index (Phi) is 2.74. The molecule has 13 heavy (non-hydrogen) atoms. The van der Waals surface area contributed by atoms with E-state index in [0.717, 1.165) is 0 Å². The third kappa shape index (κ3) is 1.72. The van der Waals surface area contributed by atoms with Gasteiger partial charge in [0.15, 0.2) is 11.5 Å². The molecule has 0 saturated heterocycles. The first-order valence-electron chi connectivity index (χ1n) is 3.69. The number of ether oxygens (including phenoxy) is 2. The van der Waals surface area contributed by atoms with Gasteiger partial charge in [-0.25, -0.2) is 0 Å². The van der Waals surface area contributed by atoms with E-state index in [4.69, 9.17) is 15.2 Å². The molecule has 0 heterocycles. The predicted molar refractivity (Wildman–Crippen MR) is 49.3 cm³/mol. The number of rotatable bonds is 3. The van der Waals surface area contributed by atoms with Gasteiger partial charge in [-0.2, -0.15) is 0 Å². The van der Waals surface area contributed by atoms with Crippen LogP contribution in [0.25, 0.3) is 0 Å². The van der Waals surface area contributed by atoms with E-state index in [-0.39, 0.29) is 0 Å². The highest BCUT2D eigenvalue weighted by molar-refractivity contribution is 5.80. The van der Waals surface area contributed by atoms with Crippen LogP contribution >= 0.6 is 0 Å². The van der Waals surface area contributed by atoms with E-state index in [2.05, 4.69) is 0 Å². The van der Waals surface area contributed by atoms with Gasteiger partial charge in [0.25, 0.3) is 0 Å². The van der Waals surface area contributed by atoms with Gasteiger partial charge >= 0.3 is 0 Å². The summed E-state index contributed by atoms with van der Waals surface area (Å²) in [4.78, 5) is 10.5. The number of anilines is 1. The van der Waals surface area contributed by atoms with E-state index in [1.807, 2.05) is 0 Å². The fourth-order valence-corrected chi connectivity index (χ4v) is 1.08. The van der Waals surface area contributed by atoms with Crippen LogP contribution in [0.4, 0.5) is 5.69 Å². The minimum atomic E-state index is 0.393. The molecule has 4 heteroatoms. The first kappa shape index (κ1) is 9.38. The van der Waals surface area contributed by atoms with Crippen molar-refractivity contribution in [3.8, 4) is 11.5 Å². The van der Waals surface area contributed by atoms with Crippen LogP contribution in [0.5, 0.6) is 11.5 Å². The summed E-state index contributed by atoms with van der Waals surface area (Å²) in [6.07, 6.45) is 0.707. The maximum atomic E-state index is 10.5. The number of methoxy groups -OCH3 is 2. The fraction of sp³-hybridized carbons (Fsp3) is 0.222. The van der Waals surface area contributed by atoms with Crippen LogP contribution in [0, 0.1) is 0 Å². The third-order valence-corrected chi connectivity index (χ3v) is 1.67. The van der Waals surface area contributed by atoms with Crippen LogP contribution in [-0.4, -0.2) is 20.5 Å². The summed E-state index contributed by atoms with van der Waals surface area (Å²) in [6.45, 7) is 0. The molecule has 0 radical (unpaired) electrons. The van der Waals surface area contributed by atoms with Crippen LogP contribution < -0.4 is 15.2 Å². The largest absolute Gasteiger partial charge is 0.493 e. The van der Waals surface area contributed by atoms with E-state index >= 15 is 0 Å². The highest BCUT2D eigenvalue weighted by Gasteiger charge is 2.08. The first-order valence-corrected chi connectivity index (χ1v) is 3.69. The van der Waals surface area contributed by atoms with E-state index in [0.29, 0.717) is 29.0 Å². The number of hydrogen-bond donors (Lipinski definition) is 1. The first-order chi connectivity index (χ1) is 6.22. The summed E-state index contributed by atoms with van der Waals surface area (Å²) in [6, 6.07) is 3.11. The molecular weight excluding hydrogens is 170 g/mol. The second-order valence-electron chi connectivity index (χ2n) is 2.46. The lowest BCUT2D eigenvalue weighted by Gasteiger charge is -2.10. The smallest absolute Gasteiger partial charge is 0.183 e. The van der Waals surface area contributed by atoms with Crippen LogP contribution in [0.15, 0.2) is 12.1 Å². The van der Waals surface area contributed by atoms with Crippen LogP contribution in [0.3, 0.4) is 0 Å². The maximum Gasteiger partial charge on any atom is 0.183 e. The summed E-state index contributed by atoms with van der Waals surface area (Å²) in [7, 11) is 2.99. The number of benzene rings is 1. The maximum absolute atomic E-state index is 10.5. The van der Waals surface area contributed by atoms with Gasteiger partial charge in [-0.05, 0) is 12.1 Å². The van der Waals surface area contributed by atoms with Crippen molar-refractivity contribution in [3.63, 3.8) is 0 Å². The number of aldehydes is 1. The molecule has 1 rings (SSSR count). The molecular formula is C9H11NO3. The second-order valence-corrected chi connectivity index (χ2v) is 2.46. The quantitative estimate of drug-likeness (QED) is 0.560. The molecule has 0 aliphatic rings. The summed E-state index contributed by atoms with van der Waals surface area (Å²) in [5.74, 6) is 0.915. The number of carbonyl (C=O) groups is 1. The Morgan fingerprint density at radius 3 is 2.46 bits per heavy atom. The second kappa shape index (κ2) is 3.80. The van der Waals surface area contributed by atoms with Gasteiger partial charge in [0, 0.05) is 5.56 Å². The normalized spacial score (nSPS) is 9.38. The Bertz CT molecular complexity index is 323. The lowest BCUT2D eigenvalue weighted by molar-refractivity contribution is 0.112. The molecule has 0 aliphatic carbocycles. The van der Waals surface area contributed by atoms with E-state index in [1.54, 1.807) is 6.07 Å². The molecule has 0 saturated carbocycles. The Morgan fingerprint density at radius 1 is 1.31 bits per heavy atom. The van der Waals surface area contributed by atoms with Crippen LogP contribution in [-0.2, 0) is 0 Å². The Hall–Kier alpha value is -1.71. The van der Waals surface area contributed by atoms with Crippen LogP contribution in [0.1, 0.15) is 10.4 Å². The summed E-state index contributed by atoms with van der Waals surface area (Å²) < 4.78 is 10.00. The van der Waals surface area contributed by atoms with Gasteiger partial charge in [0.05, 0.1) is 19.9 Å². The van der Waals surface area contributed by atoms with Gasteiger partial charge in [-0.3, -0.25) is 4.79 Å². The number of nitrogens with two attached hydrogens (primary N) is 1. The number of nitrogen functional groups attached to an aromatic ring is 1. The van der Waals surface area contributed by atoms with Crippen molar-refractivity contribution in [2.24, 2.45) is 0 Å². The zero-order valence-corrected chi connectivity index (χ0v) is 7.53. The van der Waals surface area contributed by atoms with Crippen molar-refractivity contribution in [2.45, 2.75) is 0 Å². The molecule has 0 spiro atoms. The summed E-state index contributed by atoms with van der Waals surface area (Å²) in [5.41, 5.74) is 6.48. The lowest BCUT2D eigenvalue weighted by Crippen LogP contribution is -1.97. The van der Waals surface area contributed by atoms with E-state index < -0.39 is 0 Å². The van der Waals surface area contributed by atoms with Crippen molar-refractivity contribution >= 4 is 12.0 Å². The molecule has 0 fully saturated rings. The fourth-order valence-electron chi connectivity index (χ4n) is 1.08. The van der Waals surface area contributed by atoms with E-state index in [1.165, 1.54) is 20.3 Å². The molecule has 2 N–H and O–H groups in total. The average molecular weight is 181 g/mol. The van der Waals surface area contributed by atoms with Crippen molar-refractivity contribution in [3.05, 3.63) is 17.7 Å². The molecule has 0 unspecified atom stereocenters. The molecule has 0 bridgehead atoms. The Balaban J connectivity index is 3.28. The molecule has 1 aromatic carbocycles. The SMILES string of the molecule is COc1cc(C=O)cc(N)c1OC. The zero-order valence-electron chi connectivity index (χ0n) is 7.53. The molecule has 0 aromatic heterocycles. The van der Waals surface area contributed by atoms with Crippen molar-refractivity contribution in [2.75, 3.05) is 20.0 Å². The monoisotopic (exact) mass is 181 g/mol. The Morgan fingerprint density at radius 2 is 2.00 bits per heavy atom.